The molecule has 1 saturated heterocycles. The summed E-state index contributed by atoms with van der Waals surface area (Å²) in [7, 11) is 0. The van der Waals surface area contributed by atoms with Gasteiger partial charge in [0.05, 0.1) is 19.3 Å². The van der Waals surface area contributed by atoms with Crippen molar-refractivity contribution < 1.29 is 9.18 Å². The van der Waals surface area contributed by atoms with Crippen molar-refractivity contribution in [2.24, 2.45) is 11.5 Å². The van der Waals surface area contributed by atoms with Gasteiger partial charge < -0.3 is 16.4 Å². The summed E-state index contributed by atoms with van der Waals surface area (Å²) in [5, 5.41) is 0. The van der Waals surface area contributed by atoms with E-state index in [1.165, 1.54) is 4.90 Å². The minimum atomic E-state index is -0.986. The standard InChI is InChI=1S/C6H12FN3O/c7-4-1-5(9)10(3-4)6(11)2-8/h4-5H,1-3,8-9H2/t4-,5?/m0/s1. The number of nitrogens with zero attached hydrogens (tertiary/aromatic N) is 1. The molecule has 1 aliphatic rings. The number of halogens is 1. The van der Waals surface area contributed by atoms with Crippen LogP contribution in [0.25, 0.3) is 0 Å². The van der Waals surface area contributed by atoms with Gasteiger partial charge >= 0.3 is 0 Å². The summed E-state index contributed by atoms with van der Waals surface area (Å²) in [5.41, 5.74) is 10.5. The van der Waals surface area contributed by atoms with Crippen LogP contribution in [0, 0.1) is 0 Å². The Labute approximate surface area is 64.3 Å². The topological polar surface area (TPSA) is 72.4 Å². The second-order valence-electron chi connectivity index (χ2n) is 2.65. The third-order valence-corrected chi connectivity index (χ3v) is 1.79. The van der Waals surface area contributed by atoms with Crippen molar-refractivity contribution in [3.63, 3.8) is 0 Å². The summed E-state index contributed by atoms with van der Waals surface area (Å²) >= 11 is 0. The number of carbonyl (C=O) groups is 1. The van der Waals surface area contributed by atoms with Gasteiger partial charge in [-0.15, -0.1) is 0 Å². The Morgan fingerprint density at radius 1 is 1.73 bits per heavy atom. The van der Waals surface area contributed by atoms with Crippen molar-refractivity contribution in [2.45, 2.75) is 18.8 Å². The van der Waals surface area contributed by atoms with E-state index in [1.807, 2.05) is 0 Å². The first kappa shape index (κ1) is 8.42. The summed E-state index contributed by atoms with van der Waals surface area (Å²) in [6.07, 6.45) is -1.24. The lowest BCUT2D eigenvalue weighted by molar-refractivity contribution is -0.130. The molecule has 4 N–H and O–H groups in total. The molecule has 0 aromatic rings. The summed E-state index contributed by atoms with van der Waals surface area (Å²) in [4.78, 5) is 12.2. The number of hydrogen-bond donors (Lipinski definition) is 2. The van der Waals surface area contributed by atoms with E-state index in [0.29, 0.717) is 0 Å². The molecule has 5 heteroatoms. The Morgan fingerprint density at radius 2 is 2.36 bits per heavy atom. The average molecular weight is 161 g/mol. The fourth-order valence-corrected chi connectivity index (χ4v) is 1.22. The third kappa shape index (κ3) is 1.66. The molecule has 1 rings (SSSR count). The second-order valence-corrected chi connectivity index (χ2v) is 2.65. The minimum absolute atomic E-state index is 0.0944. The zero-order valence-corrected chi connectivity index (χ0v) is 6.16. The van der Waals surface area contributed by atoms with Gasteiger partial charge in [-0.1, -0.05) is 0 Å². The molecule has 2 atom stereocenters. The van der Waals surface area contributed by atoms with Crippen LogP contribution in [0.4, 0.5) is 4.39 Å². The molecule has 0 spiro atoms. The van der Waals surface area contributed by atoms with Gasteiger partial charge in [-0.3, -0.25) is 4.79 Å². The molecular formula is C6H12FN3O. The fourth-order valence-electron chi connectivity index (χ4n) is 1.22. The SMILES string of the molecule is NCC(=O)N1C[C@@H](F)CC1N. The Balaban J connectivity index is 2.52. The quantitative estimate of drug-likeness (QED) is 0.507. The molecule has 1 amide bonds. The van der Waals surface area contributed by atoms with Gasteiger partial charge in [-0.05, 0) is 0 Å². The molecule has 0 saturated carbocycles. The van der Waals surface area contributed by atoms with E-state index in [-0.39, 0.29) is 25.4 Å². The Bertz CT molecular complexity index is 164. The van der Waals surface area contributed by atoms with Crippen LogP contribution in [0.15, 0.2) is 0 Å². The van der Waals surface area contributed by atoms with Crippen molar-refractivity contribution in [1.29, 1.82) is 0 Å². The fraction of sp³-hybridized carbons (Fsp3) is 0.833. The summed E-state index contributed by atoms with van der Waals surface area (Å²) in [6, 6.07) is 0. The largest absolute Gasteiger partial charge is 0.323 e. The number of likely N-dealkylation sites (tertiary alicyclic amines) is 1. The maximum absolute atomic E-state index is 12.6. The average Bonchev–Trinajstić information content (AvgIpc) is 2.28. The van der Waals surface area contributed by atoms with E-state index < -0.39 is 12.3 Å². The zero-order chi connectivity index (χ0) is 8.43. The van der Waals surface area contributed by atoms with Crippen LogP contribution in [-0.4, -0.2) is 36.2 Å². The predicted molar refractivity (Wildman–Crippen MR) is 38.3 cm³/mol. The van der Waals surface area contributed by atoms with Gasteiger partial charge in [0.1, 0.15) is 6.17 Å². The van der Waals surface area contributed by atoms with Gasteiger partial charge in [0, 0.05) is 6.42 Å². The van der Waals surface area contributed by atoms with Gasteiger partial charge in [-0.2, -0.15) is 0 Å². The van der Waals surface area contributed by atoms with Gasteiger partial charge in [0.25, 0.3) is 0 Å². The van der Waals surface area contributed by atoms with Crippen LogP contribution in [0.1, 0.15) is 6.42 Å². The molecule has 1 fully saturated rings. The van der Waals surface area contributed by atoms with Crippen molar-refractivity contribution >= 4 is 5.91 Å². The first-order valence-corrected chi connectivity index (χ1v) is 3.54. The van der Waals surface area contributed by atoms with Crippen LogP contribution in [0.2, 0.25) is 0 Å². The maximum Gasteiger partial charge on any atom is 0.237 e. The first-order chi connectivity index (χ1) is 5.15. The lowest BCUT2D eigenvalue weighted by Crippen LogP contribution is -2.44. The van der Waals surface area contributed by atoms with Crippen molar-refractivity contribution in [3.8, 4) is 0 Å². The maximum atomic E-state index is 12.6. The van der Waals surface area contributed by atoms with Gasteiger partial charge in [-0.25, -0.2) is 4.39 Å². The monoisotopic (exact) mass is 161 g/mol. The van der Waals surface area contributed by atoms with E-state index in [2.05, 4.69) is 0 Å². The van der Waals surface area contributed by atoms with Gasteiger partial charge in [0.2, 0.25) is 5.91 Å². The molecular weight excluding hydrogens is 149 g/mol. The van der Waals surface area contributed by atoms with Crippen LogP contribution >= 0.6 is 0 Å². The van der Waals surface area contributed by atoms with E-state index in [9.17, 15) is 9.18 Å². The number of amides is 1. The zero-order valence-electron chi connectivity index (χ0n) is 6.16. The number of hydrogen-bond acceptors (Lipinski definition) is 3. The molecule has 0 aliphatic carbocycles. The molecule has 0 aromatic carbocycles. The predicted octanol–water partition coefficient (Wildman–Crippen LogP) is -1.20. The van der Waals surface area contributed by atoms with Crippen LogP contribution in [-0.2, 0) is 4.79 Å². The molecule has 0 bridgehead atoms. The van der Waals surface area contributed by atoms with Crippen LogP contribution in [0.5, 0.6) is 0 Å². The highest BCUT2D eigenvalue weighted by molar-refractivity contribution is 5.78. The highest BCUT2D eigenvalue weighted by Crippen LogP contribution is 2.15. The van der Waals surface area contributed by atoms with Crippen LogP contribution in [0.3, 0.4) is 0 Å². The molecule has 0 radical (unpaired) electrons. The summed E-state index contributed by atoms with van der Waals surface area (Å²) in [6.45, 7) is -0.00236. The number of nitrogens with two attached hydrogens (primary N) is 2. The molecule has 1 heterocycles. The van der Waals surface area contributed by atoms with Crippen molar-refractivity contribution in [3.05, 3.63) is 0 Å². The van der Waals surface area contributed by atoms with Gasteiger partial charge in [0.15, 0.2) is 0 Å². The Morgan fingerprint density at radius 3 is 2.73 bits per heavy atom. The Hall–Kier alpha value is -0.680. The Kier molecular flexibility index (Phi) is 2.41. The summed E-state index contributed by atoms with van der Waals surface area (Å²) < 4.78 is 12.6. The van der Waals surface area contributed by atoms with Crippen LogP contribution < -0.4 is 11.5 Å². The number of alkyl halides is 1. The number of carbonyl (C=O) groups excluding carboxylic acids is 1. The third-order valence-electron chi connectivity index (χ3n) is 1.79. The summed E-state index contributed by atoms with van der Waals surface area (Å²) in [5.74, 6) is -0.280. The van der Waals surface area contributed by atoms with E-state index >= 15 is 0 Å². The molecule has 1 aliphatic heterocycles. The van der Waals surface area contributed by atoms with E-state index in [4.69, 9.17) is 11.5 Å². The second kappa shape index (κ2) is 3.15. The highest BCUT2D eigenvalue weighted by atomic mass is 19.1. The van der Waals surface area contributed by atoms with Crippen molar-refractivity contribution in [1.82, 2.24) is 4.90 Å². The molecule has 11 heavy (non-hydrogen) atoms. The van der Waals surface area contributed by atoms with E-state index in [0.717, 1.165) is 0 Å². The molecule has 4 nitrogen and oxygen atoms in total. The van der Waals surface area contributed by atoms with Crippen molar-refractivity contribution in [2.75, 3.05) is 13.1 Å². The molecule has 0 aromatic heterocycles. The smallest absolute Gasteiger partial charge is 0.237 e. The lowest BCUT2D eigenvalue weighted by Gasteiger charge is -2.19. The molecule has 1 unspecified atom stereocenters. The minimum Gasteiger partial charge on any atom is -0.323 e. The lowest BCUT2D eigenvalue weighted by atomic mass is 10.3. The normalized spacial score (nSPS) is 31.0. The highest BCUT2D eigenvalue weighted by Gasteiger charge is 2.31. The van der Waals surface area contributed by atoms with E-state index in [1.54, 1.807) is 0 Å². The molecule has 64 valence electrons. The number of rotatable bonds is 1. The first-order valence-electron chi connectivity index (χ1n) is 3.54.